The summed E-state index contributed by atoms with van der Waals surface area (Å²) in [7, 11) is -2.53. The van der Waals surface area contributed by atoms with Crippen LogP contribution in [0.4, 0.5) is 0 Å². The maximum absolute atomic E-state index is 12.5. The van der Waals surface area contributed by atoms with Crippen molar-refractivity contribution in [3.63, 3.8) is 0 Å². The molecule has 1 N–H and O–H groups in total. The normalized spacial score (nSPS) is 20.5. The molecule has 0 aromatic carbocycles. The van der Waals surface area contributed by atoms with Gasteiger partial charge in [-0.3, -0.25) is 18.6 Å². The van der Waals surface area contributed by atoms with E-state index in [1.165, 1.54) is 6.26 Å². The third kappa shape index (κ3) is 3.75. The molecule has 2 fully saturated rings. The van der Waals surface area contributed by atoms with Gasteiger partial charge in [-0.2, -0.15) is 0 Å². The van der Waals surface area contributed by atoms with Gasteiger partial charge >= 0.3 is 0 Å². The second-order valence-corrected chi connectivity index (χ2v) is 9.00. The number of aromatic nitrogens is 1. The number of hydrogen-bond donors (Lipinski definition) is 1. The molecule has 2 amide bonds. The number of likely N-dealkylation sites (tertiary alicyclic amines) is 2. The molecule has 3 heterocycles. The Labute approximate surface area is 142 Å². The minimum absolute atomic E-state index is 0.110. The summed E-state index contributed by atoms with van der Waals surface area (Å²) in [6, 6.07) is 4.94. The first-order valence-corrected chi connectivity index (χ1v) is 10.2. The van der Waals surface area contributed by atoms with Gasteiger partial charge in [0.15, 0.2) is 0 Å². The molecule has 3 rings (SSSR count). The quantitative estimate of drug-likeness (QED) is 0.879. The van der Waals surface area contributed by atoms with Crippen LogP contribution in [-0.4, -0.2) is 69.0 Å². The van der Waals surface area contributed by atoms with Gasteiger partial charge in [0.05, 0.1) is 0 Å². The maximum atomic E-state index is 12.5. The zero-order chi connectivity index (χ0) is 17.3. The lowest BCUT2D eigenvalue weighted by molar-refractivity contribution is 0.0529. The number of carbonyl (C=O) groups excluding carboxylic acids is 2. The summed E-state index contributed by atoms with van der Waals surface area (Å²) >= 11 is 0. The molecule has 0 saturated carbocycles. The second kappa shape index (κ2) is 6.51. The maximum Gasteiger partial charge on any atom is 0.272 e. The summed E-state index contributed by atoms with van der Waals surface area (Å²) in [5.41, 5.74) is 0.573. The van der Waals surface area contributed by atoms with Crippen LogP contribution in [0.5, 0.6) is 0 Å². The Morgan fingerprint density at radius 2 is 1.71 bits per heavy atom. The first-order valence-electron chi connectivity index (χ1n) is 8.10. The highest BCUT2D eigenvalue weighted by Gasteiger charge is 2.33. The zero-order valence-electron chi connectivity index (χ0n) is 13.7. The van der Waals surface area contributed by atoms with E-state index in [4.69, 9.17) is 4.78 Å². The molecule has 7 nitrogen and oxygen atoms in total. The molecule has 1 atom stereocenters. The van der Waals surface area contributed by atoms with Crippen molar-refractivity contribution in [3.8, 4) is 0 Å². The fourth-order valence-corrected chi connectivity index (χ4v) is 4.32. The molecule has 1 aromatic heterocycles. The van der Waals surface area contributed by atoms with Crippen LogP contribution in [0.25, 0.3) is 0 Å². The summed E-state index contributed by atoms with van der Waals surface area (Å²) in [4.78, 5) is 32.5. The van der Waals surface area contributed by atoms with Crippen LogP contribution in [0, 0.1) is 10.7 Å². The largest absolute Gasteiger partial charge is 0.337 e. The topological polar surface area (TPSA) is 94.4 Å². The van der Waals surface area contributed by atoms with Crippen LogP contribution in [0.3, 0.4) is 0 Å². The van der Waals surface area contributed by atoms with E-state index in [-0.39, 0.29) is 23.4 Å². The molecule has 24 heavy (non-hydrogen) atoms. The van der Waals surface area contributed by atoms with Crippen molar-refractivity contribution in [1.82, 2.24) is 14.8 Å². The predicted molar refractivity (Wildman–Crippen MR) is 90.4 cm³/mol. The average molecular weight is 350 g/mol. The highest BCUT2D eigenvalue weighted by molar-refractivity contribution is 7.91. The van der Waals surface area contributed by atoms with Crippen LogP contribution in [0.2, 0.25) is 0 Å². The zero-order valence-corrected chi connectivity index (χ0v) is 14.6. The molecule has 0 bridgehead atoms. The van der Waals surface area contributed by atoms with Crippen molar-refractivity contribution in [3.05, 3.63) is 29.6 Å². The van der Waals surface area contributed by atoms with E-state index < -0.39 is 9.73 Å². The summed E-state index contributed by atoms with van der Waals surface area (Å²) in [6.45, 7) is 2.48. The van der Waals surface area contributed by atoms with Gasteiger partial charge in [-0.05, 0) is 25.0 Å². The van der Waals surface area contributed by atoms with Crippen LogP contribution in [0.15, 0.2) is 18.2 Å². The first kappa shape index (κ1) is 16.9. The summed E-state index contributed by atoms with van der Waals surface area (Å²) in [5.74, 6) is 0.0920. The van der Waals surface area contributed by atoms with Crippen molar-refractivity contribution in [1.29, 1.82) is 4.78 Å². The Hall–Kier alpha value is -1.96. The van der Waals surface area contributed by atoms with Gasteiger partial charge in [0, 0.05) is 53.8 Å². The molecule has 2 saturated heterocycles. The van der Waals surface area contributed by atoms with E-state index in [9.17, 15) is 13.8 Å². The molecular weight excluding hydrogens is 328 g/mol. The molecule has 0 radical (unpaired) electrons. The molecule has 1 aromatic rings. The van der Waals surface area contributed by atoms with Crippen molar-refractivity contribution in [2.24, 2.45) is 5.92 Å². The smallest absolute Gasteiger partial charge is 0.272 e. The van der Waals surface area contributed by atoms with E-state index in [2.05, 4.69) is 4.98 Å². The Bertz CT molecular complexity index is 750. The molecule has 130 valence electrons. The standard InChI is InChI=1S/C16H22N4O3S/c1-24(17,23)11-12-9-20(10-12)16(22)14-6-4-5-13(18-14)15(21)19-7-2-3-8-19/h4-6,12,17H,2-3,7-11H2,1H3. The summed E-state index contributed by atoms with van der Waals surface area (Å²) < 4.78 is 19.0. The third-order valence-electron chi connectivity index (χ3n) is 4.38. The van der Waals surface area contributed by atoms with E-state index in [1.54, 1.807) is 28.0 Å². The molecule has 2 aliphatic heterocycles. The van der Waals surface area contributed by atoms with E-state index in [0.717, 1.165) is 25.9 Å². The van der Waals surface area contributed by atoms with Gasteiger partial charge < -0.3 is 9.80 Å². The monoisotopic (exact) mass is 350 g/mol. The summed E-state index contributed by atoms with van der Waals surface area (Å²) in [5, 5.41) is 0. The van der Waals surface area contributed by atoms with Crippen molar-refractivity contribution >= 4 is 21.5 Å². The average Bonchev–Trinajstić information content (AvgIpc) is 3.02. The Balaban J connectivity index is 1.64. The van der Waals surface area contributed by atoms with Crippen LogP contribution >= 0.6 is 0 Å². The number of amides is 2. The number of nitrogens with one attached hydrogen (secondary N) is 1. The fourth-order valence-electron chi connectivity index (χ4n) is 3.21. The van der Waals surface area contributed by atoms with E-state index >= 15 is 0 Å². The Morgan fingerprint density at radius 1 is 1.17 bits per heavy atom. The van der Waals surface area contributed by atoms with Gasteiger partial charge in [-0.15, -0.1) is 0 Å². The van der Waals surface area contributed by atoms with Crippen LogP contribution in [-0.2, 0) is 9.73 Å². The molecule has 1 unspecified atom stereocenters. The molecular formula is C16H22N4O3S. The third-order valence-corrected chi connectivity index (χ3v) is 5.49. The fraction of sp³-hybridized carbons (Fsp3) is 0.562. The highest BCUT2D eigenvalue weighted by Crippen LogP contribution is 2.20. The summed E-state index contributed by atoms with van der Waals surface area (Å²) in [6.07, 6.45) is 3.44. The minimum Gasteiger partial charge on any atom is -0.337 e. The van der Waals surface area contributed by atoms with Crippen molar-refractivity contribution < 1.29 is 13.8 Å². The van der Waals surface area contributed by atoms with Gasteiger partial charge in [0.1, 0.15) is 11.4 Å². The van der Waals surface area contributed by atoms with Crippen molar-refractivity contribution in [2.75, 3.05) is 38.2 Å². The number of carbonyl (C=O) groups is 2. The molecule has 0 spiro atoms. The minimum atomic E-state index is -2.53. The number of pyridine rings is 1. The number of hydrogen-bond acceptors (Lipinski definition) is 5. The Kier molecular flexibility index (Phi) is 4.58. The lowest BCUT2D eigenvalue weighted by atomic mass is 10.0. The van der Waals surface area contributed by atoms with Gasteiger partial charge in [0.2, 0.25) is 0 Å². The number of rotatable bonds is 4. The molecule has 2 aliphatic rings. The predicted octanol–water partition coefficient (Wildman–Crippen LogP) is 1.07. The lowest BCUT2D eigenvalue weighted by Crippen LogP contribution is -2.52. The molecule has 0 aliphatic carbocycles. The van der Waals surface area contributed by atoms with Crippen LogP contribution < -0.4 is 0 Å². The highest BCUT2D eigenvalue weighted by atomic mass is 32.2. The van der Waals surface area contributed by atoms with Crippen molar-refractivity contribution in [2.45, 2.75) is 12.8 Å². The lowest BCUT2D eigenvalue weighted by Gasteiger charge is -2.39. The van der Waals surface area contributed by atoms with E-state index in [1.807, 2.05) is 0 Å². The van der Waals surface area contributed by atoms with Crippen LogP contribution in [0.1, 0.15) is 33.8 Å². The van der Waals surface area contributed by atoms with E-state index in [0.29, 0.717) is 24.5 Å². The van der Waals surface area contributed by atoms with Gasteiger partial charge in [0.25, 0.3) is 11.8 Å². The second-order valence-electron chi connectivity index (χ2n) is 6.66. The van der Waals surface area contributed by atoms with Gasteiger partial charge in [-0.25, -0.2) is 4.98 Å². The first-order chi connectivity index (χ1) is 11.3. The molecule has 8 heteroatoms. The SMILES string of the molecule is CS(=N)(=O)CC1CN(C(=O)c2cccc(C(=O)N3CCCC3)n2)C1. The number of nitrogens with zero attached hydrogens (tertiary/aromatic N) is 3. The Morgan fingerprint density at radius 3 is 2.25 bits per heavy atom. The van der Waals surface area contributed by atoms with Gasteiger partial charge in [-0.1, -0.05) is 6.07 Å².